The molecule has 0 bridgehead atoms. The van der Waals surface area contributed by atoms with Crippen LogP contribution in [0.5, 0.6) is 0 Å². The number of imide groups is 1. The first kappa shape index (κ1) is 18.2. The summed E-state index contributed by atoms with van der Waals surface area (Å²) in [5.41, 5.74) is 2.35. The number of amides is 4. The van der Waals surface area contributed by atoms with Crippen molar-refractivity contribution in [2.75, 3.05) is 13.1 Å². The van der Waals surface area contributed by atoms with Crippen LogP contribution in [0.1, 0.15) is 37.7 Å². The Morgan fingerprint density at radius 2 is 2.00 bits per heavy atom. The smallest absolute Gasteiger partial charge is 0.325 e. The highest BCUT2D eigenvalue weighted by atomic mass is 16.2. The van der Waals surface area contributed by atoms with Crippen molar-refractivity contribution in [2.45, 2.75) is 44.6 Å². The number of carbonyl (C=O) groups excluding carboxylic acids is 3. The predicted molar refractivity (Wildman–Crippen MR) is 98.4 cm³/mol. The molecule has 0 spiro atoms. The van der Waals surface area contributed by atoms with E-state index in [1.807, 2.05) is 30.3 Å². The number of nitrogens with one attached hydrogen (secondary N) is 2. The molecule has 1 aromatic rings. The van der Waals surface area contributed by atoms with E-state index in [4.69, 9.17) is 0 Å². The maximum Gasteiger partial charge on any atom is 0.325 e. The third kappa shape index (κ3) is 4.71. The molecule has 0 saturated carbocycles. The number of nitrogens with zero attached hydrogens (tertiary/aromatic N) is 1. The van der Waals surface area contributed by atoms with Gasteiger partial charge in [-0.05, 0) is 37.7 Å². The van der Waals surface area contributed by atoms with Crippen molar-refractivity contribution in [3.05, 3.63) is 47.5 Å². The van der Waals surface area contributed by atoms with E-state index >= 15 is 0 Å². The third-order valence-electron chi connectivity index (χ3n) is 4.84. The first-order chi connectivity index (χ1) is 12.6. The molecule has 1 fully saturated rings. The average Bonchev–Trinajstić information content (AvgIpc) is 2.91. The number of carbonyl (C=O) groups is 3. The van der Waals surface area contributed by atoms with E-state index in [-0.39, 0.29) is 18.4 Å². The number of hydrogen-bond acceptors (Lipinski definition) is 3. The highest BCUT2D eigenvalue weighted by Crippen LogP contribution is 2.19. The van der Waals surface area contributed by atoms with Crippen molar-refractivity contribution < 1.29 is 14.4 Å². The second-order valence-corrected chi connectivity index (χ2v) is 6.82. The summed E-state index contributed by atoms with van der Waals surface area (Å²) in [6.07, 6.45) is 8.19. The van der Waals surface area contributed by atoms with Gasteiger partial charge in [0.25, 0.3) is 5.91 Å². The van der Waals surface area contributed by atoms with Gasteiger partial charge in [0.15, 0.2) is 0 Å². The third-order valence-corrected chi connectivity index (χ3v) is 4.84. The van der Waals surface area contributed by atoms with E-state index in [2.05, 4.69) is 16.7 Å². The van der Waals surface area contributed by atoms with E-state index < -0.39 is 12.1 Å². The summed E-state index contributed by atoms with van der Waals surface area (Å²) in [5, 5.41) is 5.47. The summed E-state index contributed by atoms with van der Waals surface area (Å²) in [6, 6.07) is 8.40. The monoisotopic (exact) mass is 355 g/mol. The second kappa shape index (κ2) is 8.65. The Labute approximate surface area is 153 Å². The van der Waals surface area contributed by atoms with Crippen LogP contribution in [0.15, 0.2) is 42.0 Å². The zero-order chi connectivity index (χ0) is 18.4. The molecular weight excluding hydrogens is 330 g/mol. The van der Waals surface area contributed by atoms with Crippen LogP contribution in [0.2, 0.25) is 0 Å². The van der Waals surface area contributed by atoms with E-state index in [0.29, 0.717) is 13.0 Å². The van der Waals surface area contributed by atoms with Crippen LogP contribution in [0.3, 0.4) is 0 Å². The highest BCUT2D eigenvalue weighted by Gasteiger charge is 2.38. The second-order valence-electron chi connectivity index (χ2n) is 6.82. The molecule has 1 saturated heterocycles. The van der Waals surface area contributed by atoms with Gasteiger partial charge in [0.05, 0.1) is 0 Å². The van der Waals surface area contributed by atoms with Crippen molar-refractivity contribution in [3.63, 3.8) is 0 Å². The van der Waals surface area contributed by atoms with Crippen LogP contribution < -0.4 is 10.6 Å². The van der Waals surface area contributed by atoms with Gasteiger partial charge in [0.1, 0.15) is 12.6 Å². The first-order valence-electron chi connectivity index (χ1n) is 9.24. The van der Waals surface area contributed by atoms with E-state index in [9.17, 15) is 14.4 Å². The fourth-order valence-electron chi connectivity index (χ4n) is 3.41. The van der Waals surface area contributed by atoms with E-state index in [0.717, 1.165) is 29.7 Å². The summed E-state index contributed by atoms with van der Waals surface area (Å²) in [6.45, 7) is 0.316. The Kier molecular flexibility index (Phi) is 6.04. The molecule has 1 heterocycles. The molecule has 26 heavy (non-hydrogen) atoms. The molecule has 6 heteroatoms. The van der Waals surface area contributed by atoms with Crippen molar-refractivity contribution in [1.29, 1.82) is 0 Å². The van der Waals surface area contributed by atoms with Crippen LogP contribution in [-0.2, 0) is 16.0 Å². The SMILES string of the molecule is O=C(CN1C(=O)N[C@H](Cc2ccccc2)C1=O)NCCC1=CCCCC1. The first-order valence-corrected chi connectivity index (χ1v) is 9.24. The Balaban J connectivity index is 1.46. The lowest BCUT2D eigenvalue weighted by Crippen LogP contribution is -2.41. The molecule has 0 radical (unpaired) electrons. The maximum absolute atomic E-state index is 12.4. The van der Waals surface area contributed by atoms with Gasteiger partial charge in [-0.3, -0.25) is 14.5 Å². The number of allylic oxidation sites excluding steroid dienone is 1. The Bertz CT molecular complexity index is 700. The van der Waals surface area contributed by atoms with Crippen molar-refractivity contribution in [3.8, 4) is 0 Å². The molecule has 0 unspecified atom stereocenters. The van der Waals surface area contributed by atoms with Crippen LogP contribution in [0.25, 0.3) is 0 Å². The van der Waals surface area contributed by atoms with Crippen molar-refractivity contribution >= 4 is 17.8 Å². The molecular formula is C20H25N3O3. The van der Waals surface area contributed by atoms with Gasteiger partial charge in [0.2, 0.25) is 5.91 Å². The molecule has 1 atom stereocenters. The summed E-state index contributed by atoms with van der Waals surface area (Å²) >= 11 is 0. The van der Waals surface area contributed by atoms with Gasteiger partial charge < -0.3 is 10.6 Å². The van der Waals surface area contributed by atoms with Gasteiger partial charge in [-0.25, -0.2) is 4.79 Å². The van der Waals surface area contributed by atoms with Crippen LogP contribution in [-0.4, -0.2) is 41.9 Å². The van der Waals surface area contributed by atoms with Gasteiger partial charge in [-0.1, -0.05) is 42.0 Å². The lowest BCUT2D eigenvalue weighted by molar-refractivity contribution is -0.132. The molecule has 1 aromatic carbocycles. The normalized spacial score (nSPS) is 19.9. The lowest BCUT2D eigenvalue weighted by Gasteiger charge is -2.15. The fourth-order valence-corrected chi connectivity index (χ4v) is 3.41. The van der Waals surface area contributed by atoms with E-state index in [1.54, 1.807) is 0 Å². The van der Waals surface area contributed by atoms with Crippen molar-refractivity contribution in [2.24, 2.45) is 0 Å². The molecule has 1 aliphatic carbocycles. The summed E-state index contributed by atoms with van der Waals surface area (Å²) in [5.74, 6) is -0.644. The summed E-state index contributed by atoms with van der Waals surface area (Å²) in [7, 11) is 0. The molecule has 2 N–H and O–H groups in total. The highest BCUT2D eigenvalue weighted by molar-refractivity contribution is 6.06. The van der Waals surface area contributed by atoms with E-state index in [1.165, 1.54) is 18.4 Å². The molecule has 138 valence electrons. The average molecular weight is 355 g/mol. The molecule has 4 amide bonds. The Morgan fingerprint density at radius 1 is 1.19 bits per heavy atom. The standard InChI is InChI=1S/C20H25N3O3/c24-18(21-12-11-15-7-3-1-4-8-15)14-23-19(25)17(22-20(23)26)13-16-9-5-2-6-10-16/h2,5-7,9-10,17H,1,3-4,8,11-14H2,(H,21,24)(H,22,26)/t17-/m1/s1. The minimum absolute atomic E-state index is 0.227. The number of rotatable bonds is 7. The molecule has 2 aliphatic rings. The van der Waals surface area contributed by atoms with Gasteiger partial charge in [-0.2, -0.15) is 0 Å². The minimum atomic E-state index is -0.606. The van der Waals surface area contributed by atoms with Crippen LogP contribution in [0.4, 0.5) is 4.79 Å². The van der Waals surface area contributed by atoms with Gasteiger partial charge >= 0.3 is 6.03 Å². The van der Waals surface area contributed by atoms with Crippen LogP contribution >= 0.6 is 0 Å². The molecule has 0 aromatic heterocycles. The zero-order valence-electron chi connectivity index (χ0n) is 14.9. The number of urea groups is 1. The Morgan fingerprint density at radius 3 is 2.73 bits per heavy atom. The predicted octanol–water partition coefficient (Wildman–Crippen LogP) is 2.16. The quantitative estimate of drug-likeness (QED) is 0.581. The largest absolute Gasteiger partial charge is 0.354 e. The molecule has 3 rings (SSSR count). The number of benzene rings is 1. The van der Waals surface area contributed by atoms with Gasteiger partial charge in [0, 0.05) is 13.0 Å². The van der Waals surface area contributed by atoms with Gasteiger partial charge in [-0.15, -0.1) is 0 Å². The Hall–Kier alpha value is -2.63. The lowest BCUT2D eigenvalue weighted by atomic mass is 9.97. The zero-order valence-corrected chi connectivity index (χ0v) is 14.9. The molecule has 1 aliphatic heterocycles. The maximum atomic E-state index is 12.4. The van der Waals surface area contributed by atoms with Crippen molar-refractivity contribution in [1.82, 2.24) is 15.5 Å². The fraction of sp³-hybridized carbons (Fsp3) is 0.450. The molecule has 6 nitrogen and oxygen atoms in total. The topological polar surface area (TPSA) is 78.5 Å². The summed E-state index contributed by atoms with van der Waals surface area (Å²) < 4.78 is 0. The van der Waals surface area contributed by atoms with Crippen LogP contribution in [0, 0.1) is 0 Å². The summed E-state index contributed by atoms with van der Waals surface area (Å²) in [4.78, 5) is 37.6. The number of hydrogen-bond donors (Lipinski definition) is 2. The minimum Gasteiger partial charge on any atom is -0.354 e.